The van der Waals surface area contributed by atoms with E-state index < -0.39 is 0 Å². The third-order valence-electron chi connectivity index (χ3n) is 3.48. The first-order chi connectivity index (χ1) is 11.2. The molecule has 0 bridgehead atoms. The Hall–Kier alpha value is -3.02. The Labute approximate surface area is 133 Å². The summed E-state index contributed by atoms with van der Waals surface area (Å²) in [5, 5.41) is 5.57. The molecule has 0 saturated carbocycles. The molecule has 6 nitrogen and oxygen atoms in total. The highest BCUT2D eigenvalue weighted by atomic mass is 16.5. The summed E-state index contributed by atoms with van der Waals surface area (Å²) in [6.45, 7) is 0.353. The van der Waals surface area contributed by atoms with Crippen LogP contribution in [0.5, 0.6) is 11.5 Å². The standard InChI is InChI=1S/C17H16N2O4/c1-22-14-5-3-2-4-12(14)17(21)18-9-11-6-7-13-15(8-11)23-10-16(20)19-13/h2-8H,9-10H2,1H3,(H,18,21)(H,19,20). The van der Waals surface area contributed by atoms with Gasteiger partial charge in [-0.15, -0.1) is 0 Å². The van der Waals surface area contributed by atoms with Gasteiger partial charge in [0.1, 0.15) is 11.5 Å². The van der Waals surface area contributed by atoms with Crippen molar-refractivity contribution in [3.63, 3.8) is 0 Å². The van der Waals surface area contributed by atoms with Crippen LogP contribution in [-0.2, 0) is 11.3 Å². The lowest BCUT2D eigenvalue weighted by atomic mass is 10.1. The molecule has 0 atom stereocenters. The highest BCUT2D eigenvalue weighted by Gasteiger charge is 2.16. The summed E-state index contributed by atoms with van der Waals surface area (Å²) in [4.78, 5) is 23.5. The van der Waals surface area contributed by atoms with Crippen LogP contribution in [-0.4, -0.2) is 25.5 Å². The smallest absolute Gasteiger partial charge is 0.262 e. The van der Waals surface area contributed by atoms with Crippen molar-refractivity contribution in [1.82, 2.24) is 5.32 Å². The predicted octanol–water partition coefficient (Wildman–Crippen LogP) is 1.96. The highest BCUT2D eigenvalue weighted by molar-refractivity contribution is 5.97. The minimum Gasteiger partial charge on any atom is -0.496 e. The molecule has 0 radical (unpaired) electrons. The van der Waals surface area contributed by atoms with E-state index in [1.807, 2.05) is 12.1 Å². The van der Waals surface area contributed by atoms with Gasteiger partial charge in [0.25, 0.3) is 11.8 Å². The maximum Gasteiger partial charge on any atom is 0.262 e. The molecule has 0 saturated heterocycles. The van der Waals surface area contributed by atoms with Crippen LogP contribution in [0.15, 0.2) is 42.5 Å². The first kappa shape index (κ1) is 14.9. The summed E-state index contributed by atoms with van der Waals surface area (Å²) >= 11 is 0. The Kier molecular flexibility index (Phi) is 4.14. The average Bonchev–Trinajstić information content (AvgIpc) is 2.59. The van der Waals surface area contributed by atoms with Gasteiger partial charge in [-0.2, -0.15) is 0 Å². The molecule has 23 heavy (non-hydrogen) atoms. The highest BCUT2D eigenvalue weighted by Crippen LogP contribution is 2.28. The molecular weight excluding hydrogens is 296 g/mol. The van der Waals surface area contributed by atoms with Crippen LogP contribution in [0.3, 0.4) is 0 Å². The lowest BCUT2D eigenvalue weighted by Crippen LogP contribution is -2.26. The Bertz CT molecular complexity index is 758. The van der Waals surface area contributed by atoms with Crippen molar-refractivity contribution in [1.29, 1.82) is 0 Å². The van der Waals surface area contributed by atoms with Gasteiger partial charge in [-0.25, -0.2) is 0 Å². The van der Waals surface area contributed by atoms with Crippen molar-refractivity contribution < 1.29 is 19.1 Å². The fourth-order valence-electron chi connectivity index (χ4n) is 2.34. The maximum atomic E-state index is 12.3. The lowest BCUT2D eigenvalue weighted by Gasteiger charge is -2.18. The Morgan fingerprint density at radius 2 is 2.13 bits per heavy atom. The summed E-state index contributed by atoms with van der Waals surface area (Å²) in [7, 11) is 1.53. The number of methoxy groups -OCH3 is 1. The molecular formula is C17H16N2O4. The van der Waals surface area contributed by atoms with Crippen LogP contribution in [0.4, 0.5) is 5.69 Å². The number of amides is 2. The number of carbonyl (C=O) groups excluding carboxylic acids is 2. The zero-order chi connectivity index (χ0) is 16.2. The molecule has 1 heterocycles. The molecule has 2 N–H and O–H groups in total. The van der Waals surface area contributed by atoms with E-state index in [2.05, 4.69) is 10.6 Å². The molecule has 118 valence electrons. The third kappa shape index (κ3) is 3.26. The Balaban J connectivity index is 1.69. The van der Waals surface area contributed by atoms with Crippen LogP contribution in [0.2, 0.25) is 0 Å². The van der Waals surface area contributed by atoms with E-state index in [-0.39, 0.29) is 18.4 Å². The summed E-state index contributed by atoms with van der Waals surface area (Å²) in [6.07, 6.45) is 0. The lowest BCUT2D eigenvalue weighted by molar-refractivity contribution is -0.118. The molecule has 3 rings (SSSR count). The number of nitrogens with one attached hydrogen (secondary N) is 2. The van der Waals surface area contributed by atoms with Crippen LogP contribution in [0, 0.1) is 0 Å². The van der Waals surface area contributed by atoms with Crippen molar-refractivity contribution in [2.75, 3.05) is 19.0 Å². The maximum absolute atomic E-state index is 12.3. The number of rotatable bonds is 4. The average molecular weight is 312 g/mol. The quantitative estimate of drug-likeness (QED) is 0.905. The molecule has 0 aromatic heterocycles. The predicted molar refractivity (Wildman–Crippen MR) is 84.7 cm³/mol. The van der Waals surface area contributed by atoms with Crippen LogP contribution in [0.1, 0.15) is 15.9 Å². The Morgan fingerprint density at radius 3 is 2.96 bits per heavy atom. The summed E-state index contributed by atoms with van der Waals surface area (Å²) in [5.74, 6) is 0.749. The van der Waals surface area contributed by atoms with Crippen molar-refractivity contribution in [3.8, 4) is 11.5 Å². The van der Waals surface area contributed by atoms with Gasteiger partial charge in [0.15, 0.2) is 6.61 Å². The number of para-hydroxylation sites is 1. The molecule has 0 aliphatic carbocycles. The van der Waals surface area contributed by atoms with E-state index >= 15 is 0 Å². The van der Waals surface area contributed by atoms with E-state index in [1.165, 1.54) is 7.11 Å². The van der Waals surface area contributed by atoms with E-state index in [0.29, 0.717) is 29.3 Å². The van der Waals surface area contributed by atoms with Gasteiger partial charge in [-0.1, -0.05) is 18.2 Å². The zero-order valence-electron chi connectivity index (χ0n) is 12.6. The fraction of sp³-hybridized carbons (Fsp3) is 0.176. The molecule has 2 aromatic carbocycles. The molecule has 0 unspecified atom stereocenters. The van der Waals surface area contributed by atoms with Gasteiger partial charge in [-0.3, -0.25) is 9.59 Å². The first-order valence-corrected chi connectivity index (χ1v) is 7.14. The van der Waals surface area contributed by atoms with E-state index in [0.717, 1.165) is 5.56 Å². The third-order valence-corrected chi connectivity index (χ3v) is 3.48. The normalized spacial score (nSPS) is 12.7. The van der Waals surface area contributed by atoms with Crippen molar-refractivity contribution in [2.45, 2.75) is 6.54 Å². The van der Waals surface area contributed by atoms with Crippen molar-refractivity contribution >= 4 is 17.5 Å². The molecule has 2 amide bonds. The Morgan fingerprint density at radius 1 is 1.30 bits per heavy atom. The molecule has 2 aromatic rings. The number of ether oxygens (including phenoxy) is 2. The number of hydrogen-bond donors (Lipinski definition) is 2. The molecule has 6 heteroatoms. The van der Waals surface area contributed by atoms with Crippen LogP contribution in [0.25, 0.3) is 0 Å². The SMILES string of the molecule is COc1ccccc1C(=O)NCc1ccc2c(c1)OCC(=O)N2. The van der Waals surface area contributed by atoms with Crippen LogP contribution < -0.4 is 20.1 Å². The molecule has 1 aliphatic heterocycles. The van der Waals surface area contributed by atoms with Crippen LogP contribution >= 0.6 is 0 Å². The van der Waals surface area contributed by atoms with E-state index in [9.17, 15) is 9.59 Å². The number of benzene rings is 2. The summed E-state index contributed by atoms with van der Waals surface area (Å²) in [6, 6.07) is 12.4. The molecule has 1 aliphatic rings. The monoisotopic (exact) mass is 312 g/mol. The second kappa shape index (κ2) is 6.39. The number of carbonyl (C=O) groups is 2. The second-order valence-electron chi connectivity index (χ2n) is 5.05. The zero-order valence-corrected chi connectivity index (χ0v) is 12.6. The molecule has 0 fully saturated rings. The van der Waals surface area contributed by atoms with E-state index in [4.69, 9.17) is 9.47 Å². The topological polar surface area (TPSA) is 76.7 Å². The van der Waals surface area contributed by atoms with Gasteiger partial charge >= 0.3 is 0 Å². The largest absolute Gasteiger partial charge is 0.496 e. The summed E-state index contributed by atoms with van der Waals surface area (Å²) in [5.41, 5.74) is 2.00. The number of hydrogen-bond acceptors (Lipinski definition) is 4. The van der Waals surface area contributed by atoms with Gasteiger partial charge in [0.05, 0.1) is 18.4 Å². The minimum absolute atomic E-state index is 0.00399. The number of anilines is 1. The van der Waals surface area contributed by atoms with Crippen molar-refractivity contribution in [3.05, 3.63) is 53.6 Å². The van der Waals surface area contributed by atoms with Gasteiger partial charge in [0, 0.05) is 6.54 Å². The summed E-state index contributed by atoms with van der Waals surface area (Å²) < 4.78 is 10.5. The van der Waals surface area contributed by atoms with Crippen molar-refractivity contribution in [2.24, 2.45) is 0 Å². The first-order valence-electron chi connectivity index (χ1n) is 7.14. The minimum atomic E-state index is -0.214. The fourth-order valence-corrected chi connectivity index (χ4v) is 2.34. The second-order valence-corrected chi connectivity index (χ2v) is 5.05. The molecule has 0 spiro atoms. The number of fused-ring (bicyclic) bond motifs is 1. The van der Waals surface area contributed by atoms with Gasteiger partial charge < -0.3 is 20.1 Å². The van der Waals surface area contributed by atoms with E-state index in [1.54, 1.807) is 30.3 Å². The van der Waals surface area contributed by atoms with Gasteiger partial charge in [0.2, 0.25) is 0 Å². The van der Waals surface area contributed by atoms with Gasteiger partial charge in [-0.05, 0) is 29.8 Å².